The minimum atomic E-state index is -0.0472. The highest BCUT2D eigenvalue weighted by molar-refractivity contribution is 7.09. The molecule has 1 aliphatic carbocycles. The van der Waals surface area contributed by atoms with Gasteiger partial charge in [0.1, 0.15) is 5.69 Å². The van der Waals surface area contributed by atoms with Crippen molar-refractivity contribution in [2.24, 2.45) is 17.6 Å². The molecule has 0 spiro atoms. The van der Waals surface area contributed by atoms with Crippen molar-refractivity contribution in [2.45, 2.75) is 32.6 Å². The highest BCUT2D eigenvalue weighted by atomic mass is 32.1. The number of amides is 1. The number of hydrogen-bond donors (Lipinski definition) is 2. The topological polar surface area (TPSA) is 68.0 Å². The lowest BCUT2D eigenvalue weighted by Gasteiger charge is -2.09. The maximum absolute atomic E-state index is 11.9. The molecule has 0 aromatic carbocycles. The van der Waals surface area contributed by atoms with E-state index < -0.39 is 0 Å². The summed E-state index contributed by atoms with van der Waals surface area (Å²) in [7, 11) is 0. The average Bonchev–Trinajstić information content (AvgIpc) is 2.96. The fourth-order valence-electron chi connectivity index (χ4n) is 2.49. The Morgan fingerprint density at radius 1 is 1.61 bits per heavy atom. The lowest BCUT2D eigenvalue weighted by Crippen LogP contribution is -2.28. The maximum Gasteiger partial charge on any atom is 0.270 e. The molecule has 3 N–H and O–H groups in total. The van der Waals surface area contributed by atoms with Crippen molar-refractivity contribution in [3.05, 3.63) is 16.1 Å². The van der Waals surface area contributed by atoms with Gasteiger partial charge in [-0.1, -0.05) is 13.3 Å². The summed E-state index contributed by atoms with van der Waals surface area (Å²) in [6.45, 7) is 3.64. The van der Waals surface area contributed by atoms with Crippen LogP contribution >= 0.6 is 11.3 Å². The molecular formula is C13H21N3OS. The van der Waals surface area contributed by atoms with Gasteiger partial charge in [0, 0.05) is 18.3 Å². The van der Waals surface area contributed by atoms with Crippen molar-refractivity contribution in [3.8, 4) is 0 Å². The third kappa shape index (κ3) is 3.53. The van der Waals surface area contributed by atoms with Gasteiger partial charge < -0.3 is 11.1 Å². The van der Waals surface area contributed by atoms with E-state index >= 15 is 0 Å². The van der Waals surface area contributed by atoms with Crippen molar-refractivity contribution in [3.63, 3.8) is 0 Å². The van der Waals surface area contributed by atoms with E-state index in [2.05, 4.69) is 17.2 Å². The molecule has 0 radical (unpaired) electrons. The molecule has 1 aliphatic rings. The van der Waals surface area contributed by atoms with Gasteiger partial charge in [0.2, 0.25) is 0 Å². The number of nitrogens with two attached hydrogens (primary N) is 1. The monoisotopic (exact) mass is 267 g/mol. The molecule has 1 saturated carbocycles. The molecule has 1 aromatic heterocycles. The van der Waals surface area contributed by atoms with E-state index in [0.29, 0.717) is 18.2 Å². The number of aromatic nitrogens is 1. The lowest BCUT2D eigenvalue weighted by molar-refractivity contribution is 0.0942. The molecule has 1 heterocycles. The lowest BCUT2D eigenvalue weighted by atomic mass is 10.1. The number of nitrogens with one attached hydrogen (secondary N) is 1. The zero-order chi connectivity index (χ0) is 13.0. The number of nitrogens with zero attached hydrogens (tertiary/aromatic N) is 1. The van der Waals surface area contributed by atoms with Crippen molar-refractivity contribution < 1.29 is 4.79 Å². The molecule has 2 unspecified atom stereocenters. The Kier molecular flexibility index (Phi) is 4.72. The fourth-order valence-corrected chi connectivity index (χ4v) is 3.29. The van der Waals surface area contributed by atoms with Crippen LogP contribution in [-0.2, 0) is 6.42 Å². The molecule has 18 heavy (non-hydrogen) atoms. The molecular weight excluding hydrogens is 246 g/mol. The minimum Gasteiger partial charge on any atom is -0.350 e. The van der Waals surface area contributed by atoms with Crippen LogP contribution in [0.1, 0.15) is 41.7 Å². The SMILES string of the molecule is CC1CCC(CNC(=O)c2csc(CCN)n2)C1. The second-order valence-electron chi connectivity index (χ2n) is 5.16. The third-order valence-electron chi connectivity index (χ3n) is 3.50. The van der Waals surface area contributed by atoms with Crippen LogP contribution in [0.5, 0.6) is 0 Å². The predicted molar refractivity (Wildman–Crippen MR) is 73.7 cm³/mol. The normalized spacial score (nSPS) is 23.2. The van der Waals surface area contributed by atoms with Crippen molar-refractivity contribution in [1.82, 2.24) is 10.3 Å². The molecule has 2 rings (SSSR count). The van der Waals surface area contributed by atoms with Gasteiger partial charge >= 0.3 is 0 Å². The van der Waals surface area contributed by atoms with E-state index in [9.17, 15) is 4.79 Å². The summed E-state index contributed by atoms with van der Waals surface area (Å²) >= 11 is 1.51. The Balaban J connectivity index is 1.80. The Morgan fingerprint density at radius 2 is 2.44 bits per heavy atom. The van der Waals surface area contributed by atoms with Gasteiger partial charge in [-0.15, -0.1) is 11.3 Å². The van der Waals surface area contributed by atoms with E-state index in [0.717, 1.165) is 23.9 Å². The summed E-state index contributed by atoms with van der Waals surface area (Å²) in [5.74, 6) is 1.41. The number of carbonyl (C=O) groups excluding carboxylic acids is 1. The molecule has 0 saturated heterocycles. The smallest absolute Gasteiger partial charge is 0.270 e. The van der Waals surface area contributed by atoms with Crippen LogP contribution in [0.2, 0.25) is 0 Å². The van der Waals surface area contributed by atoms with Gasteiger partial charge in [0.25, 0.3) is 5.91 Å². The molecule has 1 fully saturated rings. The first-order valence-corrected chi connectivity index (χ1v) is 7.49. The number of carbonyl (C=O) groups is 1. The predicted octanol–water partition coefficient (Wildman–Crippen LogP) is 1.81. The first-order valence-electron chi connectivity index (χ1n) is 6.61. The summed E-state index contributed by atoms with van der Waals surface area (Å²) in [6, 6.07) is 0. The van der Waals surface area contributed by atoms with Gasteiger partial charge in [-0.25, -0.2) is 4.98 Å². The van der Waals surface area contributed by atoms with Gasteiger partial charge in [-0.3, -0.25) is 4.79 Å². The quantitative estimate of drug-likeness (QED) is 0.855. The highest BCUT2D eigenvalue weighted by Crippen LogP contribution is 2.29. The molecule has 100 valence electrons. The summed E-state index contributed by atoms with van der Waals surface area (Å²) in [5.41, 5.74) is 6.00. The van der Waals surface area contributed by atoms with Crippen molar-refractivity contribution in [2.75, 3.05) is 13.1 Å². The Bertz CT molecular complexity index is 405. The standard InChI is InChI=1S/C13H21N3OS/c1-9-2-3-10(6-9)7-15-13(17)11-8-18-12(16-11)4-5-14/h8-10H,2-7,14H2,1H3,(H,15,17). The second-order valence-corrected chi connectivity index (χ2v) is 6.10. The highest BCUT2D eigenvalue weighted by Gasteiger charge is 2.22. The van der Waals surface area contributed by atoms with Crippen molar-refractivity contribution in [1.29, 1.82) is 0 Å². The molecule has 4 nitrogen and oxygen atoms in total. The van der Waals surface area contributed by atoms with Crippen molar-refractivity contribution >= 4 is 17.2 Å². The van der Waals surface area contributed by atoms with E-state index in [1.807, 2.05) is 5.38 Å². The number of rotatable bonds is 5. The van der Waals surface area contributed by atoms with Crippen LogP contribution in [0, 0.1) is 11.8 Å². The van der Waals surface area contributed by atoms with Gasteiger partial charge in [-0.05, 0) is 31.2 Å². The van der Waals surface area contributed by atoms with Gasteiger partial charge in [-0.2, -0.15) is 0 Å². The Labute approximate surface area is 112 Å². The summed E-state index contributed by atoms with van der Waals surface area (Å²) in [4.78, 5) is 16.2. The van der Waals surface area contributed by atoms with Crippen LogP contribution in [0.3, 0.4) is 0 Å². The van der Waals surface area contributed by atoms with Crippen LogP contribution in [0.15, 0.2) is 5.38 Å². The molecule has 0 aliphatic heterocycles. The molecule has 5 heteroatoms. The molecule has 0 bridgehead atoms. The largest absolute Gasteiger partial charge is 0.350 e. The zero-order valence-corrected chi connectivity index (χ0v) is 11.6. The van der Waals surface area contributed by atoms with Crippen LogP contribution in [0.4, 0.5) is 0 Å². The van der Waals surface area contributed by atoms with E-state index in [1.165, 1.54) is 30.6 Å². The molecule has 1 aromatic rings. The number of hydrogen-bond acceptors (Lipinski definition) is 4. The van der Waals surface area contributed by atoms with Crippen LogP contribution in [-0.4, -0.2) is 24.0 Å². The van der Waals surface area contributed by atoms with E-state index in [4.69, 9.17) is 5.73 Å². The Morgan fingerprint density at radius 3 is 3.11 bits per heavy atom. The minimum absolute atomic E-state index is 0.0472. The Hall–Kier alpha value is -0.940. The first kappa shape index (κ1) is 13.5. The van der Waals surface area contributed by atoms with Gasteiger partial charge in [0.05, 0.1) is 5.01 Å². The molecule has 2 atom stereocenters. The molecule has 1 amide bonds. The van der Waals surface area contributed by atoms with Crippen LogP contribution in [0.25, 0.3) is 0 Å². The van der Waals surface area contributed by atoms with Gasteiger partial charge in [0.15, 0.2) is 0 Å². The summed E-state index contributed by atoms with van der Waals surface area (Å²) < 4.78 is 0. The fraction of sp³-hybridized carbons (Fsp3) is 0.692. The zero-order valence-electron chi connectivity index (χ0n) is 10.8. The summed E-state index contributed by atoms with van der Waals surface area (Å²) in [5, 5.41) is 5.75. The number of thiazole rings is 1. The maximum atomic E-state index is 11.9. The average molecular weight is 267 g/mol. The van der Waals surface area contributed by atoms with Crippen LogP contribution < -0.4 is 11.1 Å². The summed E-state index contributed by atoms with van der Waals surface area (Å²) in [6.07, 6.45) is 4.50. The van der Waals surface area contributed by atoms with E-state index in [1.54, 1.807) is 0 Å². The second kappa shape index (κ2) is 6.29. The third-order valence-corrected chi connectivity index (χ3v) is 4.41. The first-order chi connectivity index (χ1) is 8.69. The van der Waals surface area contributed by atoms with E-state index in [-0.39, 0.29) is 5.91 Å².